The fourth-order valence-electron chi connectivity index (χ4n) is 3.14. The molecule has 5 amide bonds. The Kier molecular flexibility index (Phi) is 10.6. The maximum Gasteiger partial charge on any atom is 0.243 e. The molecule has 0 spiro atoms. The molecule has 1 aliphatic heterocycles. The Labute approximate surface area is 217 Å². The van der Waals surface area contributed by atoms with Crippen molar-refractivity contribution in [2.24, 2.45) is 17.4 Å². The van der Waals surface area contributed by atoms with Crippen LogP contribution in [0.4, 0.5) is 0 Å². The van der Waals surface area contributed by atoms with Crippen LogP contribution >= 0.6 is 21.6 Å². The second-order valence-electron chi connectivity index (χ2n) is 9.20. The van der Waals surface area contributed by atoms with E-state index in [-0.39, 0.29) is 23.8 Å². The fourth-order valence-corrected chi connectivity index (χ4v) is 5.76. The Hall–Kier alpha value is -2.78. The molecular weight excluding hydrogens is 508 g/mol. The molecule has 1 aliphatic rings. The summed E-state index contributed by atoms with van der Waals surface area (Å²) in [6, 6.07) is -4.06. The van der Waals surface area contributed by atoms with E-state index in [4.69, 9.17) is 11.5 Å². The van der Waals surface area contributed by atoms with Crippen molar-refractivity contribution < 1.29 is 24.0 Å². The van der Waals surface area contributed by atoms with Gasteiger partial charge in [0, 0.05) is 29.8 Å². The molecule has 0 aromatic carbocycles. The van der Waals surface area contributed by atoms with Gasteiger partial charge >= 0.3 is 0 Å². The predicted molar refractivity (Wildman–Crippen MR) is 137 cm³/mol. The molecule has 200 valence electrons. The van der Waals surface area contributed by atoms with E-state index in [0.717, 1.165) is 0 Å². The molecule has 2 rings (SSSR count). The highest BCUT2D eigenvalue weighted by Crippen LogP contribution is 2.26. The van der Waals surface area contributed by atoms with E-state index in [1.54, 1.807) is 13.8 Å². The molecule has 13 nitrogen and oxygen atoms in total. The van der Waals surface area contributed by atoms with Gasteiger partial charge in [0.25, 0.3) is 0 Å². The highest BCUT2D eigenvalue weighted by atomic mass is 33.1. The first-order chi connectivity index (χ1) is 16.8. The van der Waals surface area contributed by atoms with Crippen LogP contribution in [0, 0.1) is 5.92 Å². The SMILES string of the molecule is CC(C)[C@@H]1NC(=O)[C@H](C)NC(=O)[C@H](Cc2cnc[nH]2)NC(=O)[C@@](C)(N)CSSC[C@@H](C(N)=O)NC1=O. The molecule has 1 fully saturated rings. The lowest BCUT2D eigenvalue weighted by Gasteiger charge is -2.27. The number of hydrogen-bond donors (Lipinski definition) is 7. The molecule has 36 heavy (non-hydrogen) atoms. The summed E-state index contributed by atoms with van der Waals surface area (Å²) in [5.74, 6) is -3.16. The number of rotatable bonds is 4. The first kappa shape index (κ1) is 29.5. The summed E-state index contributed by atoms with van der Waals surface area (Å²) in [7, 11) is 2.44. The van der Waals surface area contributed by atoms with Gasteiger partial charge in [-0.2, -0.15) is 0 Å². The number of hydrogen-bond acceptors (Lipinski definition) is 9. The molecule has 5 atom stereocenters. The van der Waals surface area contributed by atoms with Gasteiger partial charge in [-0.05, 0) is 19.8 Å². The summed E-state index contributed by atoms with van der Waals surface area (Å²) < 4.78 is 0. The van der Waals surface area contributed by atoms with Crippen LogP contribution in [0.15, 0.2) is 12.5 Å². The average molecular weight is 543 g/mol. The summed E-state index contributed by atoms with van der Waals surface area (Å²) in [6.07, 6.45) is 3.05. The summed E-state index contributed by atoms with van der Waals surface area (Å²) in [5, 5.41) is 10.4. The maximum atomic E-state index is 13.1. The van der Waals surface area contributed by atoms with Crippen molar-refractivity contribution in [3.63, 3.8) is 0 Å². The Morgan fingerprint density at radius 2 is 1.81 bits per heavy atom. The van der Waals surface area contributed by atoms with Crippen LogP contribution in [-0.2, 0) is 30.4 Å². The second kappa shape index (κ2) is 13.0. The molecule has 15 heteroatoms. The van der Waals surface area contributed by atoms with Crippen LogP contribution in [0.2, 0.25) is 0 Å². The van der Waals surface area contributed by atoms with Crippen LogP contribution in [0.1, 0.15) is 33.4 Å². The van der Waals surface area contributed by atoms with Crippen LogP contribution in [0.3, 0.4) is 0 Å². The molecule has 1 aromatic heterocycles. The minimum atomic E-state index is -1.37. The van der Waals surface area contributed by atoms with Gasteiger partial charge in [0.05, 0.1) is 6.33 Å². The van der Waals surface area contributed by atoms with E-state index in [1.165, 1.54) is 48.0 Å². The second-order valence-corrected chi connectivity index (χ2v) is 11.7. The van der Waals surface area contributed by atoms with E-state index >= 15 is 0 Å². The lowest BCUT2D eigenvalue weighted by atomic mass is 10.0. The zero-order valence-electron chi connectivity index (χ0n) is 20.6. The highest BCUT2D eigenvalue weighted by Gasteiger charge is 2.35. The van der Waals surface area contributed by atoms with Gasteiger partial charge in [-0.25, -0.2) is 4.98 Å². The van der Waals surface area contributed by atoms with E-state index in [9.17, 15) is 24.0 Å². The molecule has 2 heterocycles. The van der Waals surface area contributed by atoms with Gasteiger partial charge < -0.3 is 37.7 Å². The van der Waals surface area contributed by atoms with E-state index < -0.39 is 59.2 Å². The first-order valence-electron chi connectivity index (χ1n) is 11.3. The third-order valence-electron chi connectivity index (χ3n) is 5.46. The summed E-state index contributed by atoms with van der Waals surface area (Å²) in [5.41, 5.74) is 10.9. The summed E-state index contributed by atoms with van der Waals surface area (Å²) in [6.45, 7) is 6.44. The number of imidazole rings is 1. The van der Waals surface area contributed by atoms with Crippen molar-refractivity contribution >= 4 is 51.1 Å². The maximum absolute atomic E-state index is 13.1. The van der Waals surface area contributed by atoms with Gasteiger partial charge in [0.1, 0.15) is 29.7 Å². The number of nitrogens with zero attached hydrogens (tertiary/aromatic N) is 1. The zero-order chi connectivity index (χ0) is 27.0. The molecule has 9 N–H and O–H groups in total. The third kappa shape index (κ3) is 8.41. The van der Waals surface area contributed by atoms with E-state index in [1.807, 2.05) is 0 Å². The smallest absolute Gasteiger partial charge is 0.243 e. The van der Waals surface area contributed by atoms with E-state index in [2.05, 4.69) is 31.2 Å². The molecule has 1 aromatic rings. The Morgan fingerprint density at radius 3 is 2.39 bits per heavy atom. The van der Waals surface area contributed by atoms with Crippen molar-refractivity contribution in [2.75, 3.05) is 11.5 Å². The van der Waals surface area contributed by atoms with Crippen molar-refractivity contribution in [3.8, 4) is 0 Å². The number of nitrogens with two attached hydrogens (primary N) is 2. The zero-order valence-corrected chi connectivity index (χ0v) is 22.3. The number of aromatic amines is 1. The van der Waals surface area contributed by atoms with Crippen LogP contribution < -0.4 is 32.7 Å². The Morgan fingerprint density at radius 1 is 1.11 bits per heavy atom. The molecular formula is C21H34N8O5S2. The van der Waals surface area contributed by atoms with E-state index in [0.29, 0.717) is 5.69 Å². The molecule has 0 saturated carbocycles. The van der Waals surface area contributed by atoms with Crippen LogP contribution in [-0.4, -0.2) is 80.7 Å². The van der Waals surface area contributed by atoms with Gasteiger partial charge in [-0.3, -0.25) is 24.0 Å². The molecule has 0 bridgehead atoms. The van der Waals surface area contributed by atoms with Crippen molar-refractivity contribution in [1.29, 1.82) is 0 Å². The Bertz CT molecular complexity index is 956. The first-order valence-corrected chi connectivity index (χ1v) is 13.8. The quantitative estimate of drug-likeness (QED) is 0.213. The molecule has 0 aliphatic carbocycles. The highest BCUT2D eigenvalue weighted by molar-refractivity contribution is 8.76. The van der Waals surface area contributed by atoms with Crippen molar-refractivity contribution in [1.82, 2.24) is 31.2 Å². The lowest BCUT2D eigenvalue weighted by molar-refractivity contribution is -0.135. The third-order valence-corrected chi connectivity index (χ3v) is 8.07. The largest absolute Gasteiger partial charge is 0.368 e. The van der Waals surface area contributed by atoms with Crippen LogP contribution in [0.5, 0.6) is 0 Å². The number of primary amides is 1. The number of carbonyl (C=O) groups is 5. The predicted octanol–water partition coefficient (Wildman–Crippen LogP) is -1.83. The fraction of sp³-hybridized carbons (Fsp3) is 0.619. The summed E-state index contributed by atoms with van der Waals surface area (Å²) in [4.78, 5) is 70.5. The lowest BCUT2D eigenvalue weighted by Crippen LogP contribution is -2.61. The Balaban J connectivity index is 2.33. The minimum Gasteiger partial charge on any atom is -0.368 e. The number of aromatic nitrogens is 2. The van der Waals surface area contributed by atoms with Gasteiger partial charge in [-0.1, -0.05) is 35.4 Å². The van der Waals surface area contributed by atoms with Crippen molar-refractivity contribution in [2.45, 2.75) is 63.8 Å². The van der Waals surface area contributed by atoms with Crippen molar-refractivity contribution in [3.05, 3.63) is 18.2 Å². The molecule has 0 radical (unpaired) electrons. The normalized spacial score (nSPS) is 29.5. The summed E-state index contributed by atoms with van der Waals surface area (Å²) >= 11 is 0. The number of carbonyl (C=O) groups excluding carboxylic acids is 5. The molecule has 1 saturated heterocycles. The molecule has 0 unspecified atom stereocenters. The average Bonchev–Trinajstić information content (AvgIpc) is 3.30. The number of H-pyrrole nitrogens is 1. The van der Waals surface area contributed by atoms with Gasteiger partial charge in [-0.15, -0.1) is 0 Å². The standard InChI is InChI=1S/C21H34N8O5S2/c1-10(2)15-19(33)27-14(16(22)30)7-35-36-8-21(4,23)20(34)28-13(5-12-6-24-9-25-12)18(32)26-11(3)17(31)29-15/h6,9-11,13-15H,5,7-8,23H2,1-4H3,(H2,22,30)(H,24,25)(H,26,32)(H,27,33)(H,28,34)(H,29,31)/t11-,13-,14-,15-,21-/m0/s1. The monoisotopic (exact) mass is 542 g/mol. The number of amides is 5. The van der Waals surface area contributed by atoms with Crippen LogP contribution in [0.25, 0.3) is 0 Å². The minimum absolute atomic E-state index is 0.0845. The van der Waals surface area contributed by atoms with Gasteiger partial charge in [0.2, 0.25) is 29.5 Å². The van der Waals surface area contributed by atoms with Gasteiger partial charge in [0.15, 0.2) is 0 Å². The number of nitrogens with one attached hydrogen (secondary N) is 5. The topological polar surface area (TPSA) is 214 Å².